The molecule has 0 radical (unpaired) electrons. The van der Waals surface area contributed by atoms with Crippen molar-refractivity contribution in [3.63, 3.8) is 0 Å². The van der Waals surface area contributed by atoms with Crippen LogP contribution >= 0.6 is 0 Å². The number of ether oxygens (including phenoxy) is 1. The second-order valence-corrected chi connectivity index (χ2v) is 4.03. The molecule has 0 aliphatic carbocycles. The molecule has 3 rings (SSSR count). The van der Waals surface area contributed by atoms with E-state index in [9.17, 15) is 5.11 Å². The molecular formula is C10H13N5O2. The van der Waals surface area contributed by atoms with Crippen LogP contribution in [0.1, 0.15) is 12.5 Å². The van der Waals surface area contributed by atoms with Gasteiger partial charge >= 0.3 is 0 Å². The van der Waals surface area contributed by atoms with Gasteiger partial charge < -0.3 is 20.1 Å². The third-order valence-electron chi connectivity index (χ3n) is 3.10. The van der Waals surface area contributed by atoms with Gasteiger partial charge in [-0.2, -0.15) is 0 Å². The Morgan fingerprint density at radius 1 is 1.47 bits per heavy atom. The van der Waals surface area contributed by atoms with Crippen LogP contribution in [0.3, 0.4) is 0 Å². The van der Waals surface area contributed by atoms with Gasteiger partial charge in [-0.25, -0.2) is 15.0 Å². The molecule has 0 aromatic carbocycles. The number of aromatic nitrogens is 4. The van der Waals surface area contributed by atoms with Gasteiger partial charge in [-0.05, 0) is 6.42 Å². The van der Waals surface area contributed by atoms with Gasteiger partial charge in [0.2, 0.25) is 0 Å². The summed E-state index contributed by atoms with van der Waals surface area (Å²) in [5, 5.41) is 9.25. The predicted molar refractivity (Wildman–Crippen MR) is 60.2 cm³/mol. The summed E-state index contributed by atoms with van der Waals surface area (Å²) in [5.41, 5.74) is 7.01. The first-order chi connectivity index (χ1) is 8.31. The summed E-state index contributed by atoms with van der Waals surface area (Å²) >= 11 is 0. The molecule has 17 heavy (non-hydrogen) atoms. The highest BCUT2D eigenvalue weighted by atomic mass is 16.5. The van der Waals surface area contributed by atoms with Crippen LogP contribution < -0.4 is 5.73 Å². The fraction of sp³-hybridized carbons (Fsp3) is 0.500. The number of aliphatic hydroxyl groups excluding tert-OH is 1. The van der Waals surface area contributed by atoms with Crippen molar-refractivity contribution in [2.75, 3.05) is 18.9 Å². The average Bonchev–Trinajstić information content (AvgIpc) is 2.94. The Morgan fingerprint density at radius 2 is 2.35 bits per heavy atom. The summed E-state index contributed by atoms with van der Waals surface area (Å²) in [6, 6.07) is 0.0549. The molecule has 1 aliphatic rings. The quantitative estimate of drug-likeness (QED) is 0.743. The molecule has 3 N–H and O–H groups in total. The zero-order valence-corrected chi connectivity index (χ0v) is 9.15. The molecule has 1 fully saturated rings. The van der Waals surface area contributed by atoms with E-state index in [2.05, 4.69) is 15.0 Å². The number of nitrogens with two attached hydrogens (primary N) is 1. The van der Waals surface area contributed by atoms with Gasteiger partial charge in [0.1, 0.15) is 17.9 Å². The maximum absolute atomic E-state index is 9.25. The lowest BCUT2D eigenvalue weighted by molar-refractivity contribution is 0.0426. The Morgan fingerprint density at radius 3 is 3.18 bits per heavy atom. The molecule has 90 valence electrons. The molecule has 0 amide bonds. The second-order valence-electron chi connectivity index (χ2n) is 4.03. The van der Waals surface area contributed by atoms with Crippen LogP contribution in [-0.2, 0) is 4.74 Å². The van der Waals surface area contributed by atoms with E-state index < -0.39 is 0 Å². The molecular weight excluding hydrogens is 222 g/mol. The molecule has 7 heteroatoms. The molecule has 0 saturated carbocycles. The van der Waals surface area contributed by atoms with Crippen molar-refractivity contribution in [3.05, 3.63) is 12.7 Å². The summed E-state index contributed by atoms with van der Waals surface area (Å²) in [5.74, 6) is 0.369. The van der Waals surface area contributed by atoms with Gasteiger partial charge in [0.05, 0.1) is 19.0 Å². The summed E-state index contributed by atoms with van der Waals surface area (Å²) in [6.07, 6.45) is 3.72. The molecule has 1 saturated heterocycles. The zero-order valence-electron chi connectivity index (χ0n) is 9.15. The number of rotatable bonds is 2. The van der Waals surface area contributed by atoms with E-state index in [1.54, 1.807) is 6.33 Å². The molecule has 1 aliphatic heterocycles. The molecule has 0 bridgehead atoms. The fourth-order valence-electron chi connectivity index (χ4n) is 2.24. The molecule has 3 heterocycles. The number of hydrogen-bond donors (Lipinski definition) is 2. The number of hydrogen-bond acceptors (Lipinski definition) is 6. The molecule has 0 spiro atoms. The maximum Gasteiger partial charge on any atom is 0.165 e. The standard InChI is InChI=1S/C10H13N5O2/c11-9-8-10(13-4-12-9)15(5-14-8)6-1-2-17-7(6)3-16/h4-7,16H,1-3H2,(H2,11,12,13)/t6-,7+/m0/s1. The average molecular weight is 235 g/mol. The zero-order chi connectivity index (χ0) is 11.8. The van der Waals surface area contributed by atoms with Gasteiger partial charge in [-0.1, -0.05) is 0 Å². The van der Waals surface area contributed by atoms with E-state index >= 15 is 0 Å². The van der Waals surface area contributed by atoms with Crippen LogP contribution in [0.5, 0.6) is 0 Å². The number of nitrogen functional groups attached to an aromatic ring is 1. The monoisotopic (exact) mass is 235 g/mol. The van der Waals surface area contributed by atoms with Crippen LogP contribution in [0, 0.1) is 0 Å². The van der Waals surface area contributed by atoms with Crippen LogP contribution in [0.25, 0.3) is 11.2 Å². The third-order valence-corrected chi connectivity index (χ3v) is 3.10. The Hall–Kier alpha value is -1.73. The van der Waals surface area contributed by atoms with Crippen molar-refractivity contribution >= 4 is 17.0 Å². The SMILES string of the molecule is Nc1ncnc2c1ncn2[C@H]1CCO[C@@H]1CO. The first kappa shape index (κ1) is 10.4. The van der Waals surface area contributed by atoms with E-state index in [0.717, 1.165) is 6.42 Å². The highest BCUT2D eigenvalue weighted by Crippen LogP contribution is 2.29. The minimum absolute atomic E-state index is 0.00902. The van der Waals surface area contributed by atoms with Crippen LogP contribution in [0.2, 0.25) is 0 Å². The van der Waals surface area contributed by atoms with Gasteiger partial charge in [0, 0.05) is 6.61 Å². The lowest BCUT2D eigenvalue weighted by Crippen LogP contribution is -2.23. The van der Waals surface area contributed by atoms with E-state index in [4.69, 9.17) is 10.5 Å². The lowest BCUT2D eigenvalue weighted by Gasteiger charge is -2.17. The lowest BCUT2D eigenvalue weighted by atomic mass is 10.1. The van der Waals surface area contributed by atoms with Crippen molar-refractivity contribution in [1.82, 2.24) is 19.5 Å². The molecule has 7 nitrogen and oxygen atoms in total. The fourth-order valence-corrected chi connectivity index (χ4v) is 2.24. The molecule has 2 atom stereocenters. The highest BCUT2D eigenvalue weighted by Gasteiger charge is 2.30. The topological polar surface area (TPSA) is 99.1 Å². The van der Waals surface area contributed by atoms with E-state index in [0.29, 0.717) is 23.6 Å². The summed E-state index contributed by atoms with van der Waals surface area (Å²) in [6.45, 7) is 0.626. The second kappa shape index (κ2) is 3.94. The van der Waals surface area contributed by atoms with E-state index in [1.807, 2.05) is 4.57 Å². The van der Waals surface area contributed by atoms with E-state index in [1.165, 1.54) is 6.33 Å². The van der Waals surface area contributed by atoms with Gasteiger partial charge in [0.25, 0.3) is 0 Å². The Labute approximate surface area is 97.3 Å². The first-order valence-electron chi connectivity index (χ1n) is 5.46. The summed E-state index contributed by atoms with van der Waals surface area (Å²) in [4.78, 5) is 12.3. The number of imidazole rings is 1. The van der Waals surface area contributed by atoms with Crippen LogP contribution in [0.4, 0.5) is 5.82 Å². The molecule has 0 unspecified atom stereocenters. The van der Waals surface area contributed by atoms with Crippen LogP contribution in [-0.4, -0.2) is 43.9 Å². The van der Waals surface area contributed by atoms with Crippen LogP contribution in [0.15, 0.2) is 12.7 Å². The molecule has 2 aromatic rings. The molecule has 2 aromatic heterocycles. The third kappa shape index (κ3) is 1.55. The maximum atomic E-state index is 9.25. The summed E-state index contributed by atoms with van der Waals surface area (Å²) in [7, 11) is 0. The largest absolute Gasteiger partial charge is 0.394 e. The van der Waals surface area contributed by atoms with Crippen molar-refractivity contribution in [2.45, 2.75) is 18.6 Å². The van der Waals surface area contributed by atoms with Crippen molar-refractivity contribution in [1.29, 1.82) is 0 Å². The normalized spacial score (nSPS) is 24.5. The minimum atomic E-state index is -0.205. The van der Waals surface area contributed by atoms with Crippen molar-refractivity contribution < 1.29 is 9.84 Å². The predicted octanol–water partition coefficient (Wildman–Crippen LogP) is -0.269. The highest BCUT2D eigenvalue weighted by molar-refractivity contribution is 5.81. The number of nitrogens with zero attached hydrogens (tertiary/aromatic N) is 4. The first-order valence-corrected chi connectivity index (χ1v) is 5.46. The number of aliphatic hydroxyl groups is 1. The Balaban J connectivity index is 2.09. The van der Waals surface area contributed by atoms with Crippen molar-refractivity contribution in [2.24, 2.45) is 0 Å². The number of fused-ring (bicyclic) bond motifs is 1. The smallest absolute Gasteiger partial charge is 0.165 e. The van der Waals surface area contributed by atoms with E-state index in [-0.39, 0.29) is 18.8 Å². The van der Waals surface area contributed by atoms with Gasteiger partial charge in [-0.3, -0.25) is 0 Å². The Bertz CT molecular complexity index is 540. The number of anilines is 1. The minimum Gasteiger partial charge on any atom is -0.394 e. The van der Waals surface area contributed by atoms with Gasteiger partial charge in [-0.15, -0.1) is 0 Å². The van der Waals surface area contributed by atoms with Crippen molar-refractivity contribution in [3.8, 4) is 0 Å². The summed E-state index contributed by atoms with van der Waals surface area (Å²) < 4.78 is 7.35. The Kier molecular flexibility index (Phi) is 2.41. The van der Waals surface area contributed by atoms with Gasteiger partial charge in [0.15, 0.2) is 11.5 Å².